The summed E-state index contributed by atoms with van der Waals surface area (Å²) in [5, 5.41) is -0.0177. The van der Waals surface area contributed by atoms with Crippen LogP contribution in [-0.2, 0) is 28.6 Å². The number of hydrogen-bond donors (Lipinski definition) is 0. The predicted octanol–water partition coefficient (Wildman–Crippen LogP) is 3.60. The Kier molecular flexibility index (Phi) is 8.33. The van der Waals surface area contributed by atoms with Crippen LogP contribution in [0.4, 0.5) is 0 Å². The summed E-state index contributed by atoms with van der Waals surface area (Å²) in [6, 6.07) is 2.51. The van der Waals surface area contributed by atoms with Crippen LogP contribution in [0.1, 0.15) is 37.6 Å². The minimum absolute atomic E-state index is 0.0757. The fourth-order valence-corrected chi connectivity index (χ4v) is 2.58. The number of ether oxygens (including phenoxy) is 3. The topological polar surface area (TPSA) is 96.0 Å². The van der Waals surface area contributed by atoms with E-state index in [1.165, 1.54) is 26.0 Å². The fraction of sp³-hybridized carbons (Fsp3) is 0.375. The molecule has 7 nitrogen and oxygen atoms in total. The molecule has 0 N–H and O–H groups in total. The highest BCUT2D eigenvalue weighted by molar-refractivity contribution is 6.42. The first-order chi connectivity index (χ1) is 12.1. The molecule has 0 fully saturated rings. The first-order valence-corrected chi connectivity index (χ1v) is 8.50. The highest BCUT2D eigenvalue weighted by atomic mass is 35.5. The zero-order valence-electron chi connectivity index (χ0n) is 14.0. The van der Waals surface area contributed by atoms with Gasteiger partial charge in [0.1, 0.15) is 0 Å². The van der Waals surface area contributed by atoms with Crippen molar-refractivity contribution >= 4 is 58.7 Å². The van der Waals surface area contributed by atoms with Gasteiger partial charge in [0.15, 0.2) is 12.2 Å². The van der Waals surface area contributed by atoms with Gasteiger partial charge < -0.3 is 14.2 Å². The molecule has 26 heavy (non-hydrogen) atoms. The summed E-state index contributed by atoms with van der Waals surface area (Å²) in [6.07, 6.45) is -2.57. The number of carbonyl (C=O) groups is 4. The van der Waals surface area contributed by atoms with Crippen molar-refractivity contribution in [2.75, 3.05) is 0 Å². The molecule has 0 aromatic heterocycles. The van der Waals surface area contributed by atoms with Gasteiger partial charge in [-0.3, -0.25) is 4.79 Å². The molecule has 0 saturated carbocycles. The minimum atomic E-state index is -1.43. The van der Waals surface area contributed by atoms with E-state index in [4.69, 9.17) is 44.3 Å². The molecule has 0 unspecified atom stereocenters. The van der Waals surface area contributed by atoms with E-state index in [1.807, 2.05) is 0 Å². The van der Waals surface area contributed by atoms with E-state index in [0.717, 1.165) is 0 Å². The van der Waals surface area contributed by atoms with Gasteiger partial charge in [-0.25, -0.2) is 14.4 Å². The average molecular weight is 426 g/mol. The maximum Gasteiger partial charge on any atom is 0.355 e. The van der Waals surface area contributed by atoms with Crippen molar-refractivity contribution in [3.63, 3.8) is 0 Å². The first kappa shape index (κ1) is 22.2. The lowest BCUT2D eigenvalue weighted by Crippen LogP contribution is -2.34. The molecule has 1 aromatic rings. The van der Waals surface area contributed by atoms with Gasteiger partial charge in [-0.15, -0.1) is 0 Å². The van der Waals surface area contributed by atoms with Crippen LogP contribution >= 0.6 is 34.8 Å². The summed E-state index contributed by atoms with van der Waals surface area (Å²) in [4.78, 5) is 46.9. The number of hydrogen-bond acceptors (Lipinski definition) is 7. The van der Waals surface area contributed by atoms with Gasteiger partial charge in [-0.2, -0.15) is 0 Å². The largest absolute Gasteiger partial charge is 0.451 e. The SMILES string of the molecule is CCC(=O)O[C@@H](C)C(=O)O[C@@H](C)C(=O)OC(=O)c1c(Cl)cc(Cl)cc1Cl. The molecule has 0 aliphatic carbocycles. The molecule has 0 spiro atoms. The molecule has 0 aliphatic heterocycles. The number of rotatable bonds is 6. The van der Waals surface area contributed by atoms with Crippen LogP contribution in [0.25, 0.3) is 0 Å². The lowest BCUT2D eigenvalue weighted by molar-refractivity contribution is -0.174. The summed E-state index contributed by atoms with van der Waals surface area (Å²) in [7, 11) is 0. The highest BCUT2D eigenvalue weighted by Crippen LogP contribution is 2.29. The van der Waals surface area contributed by atoms with Crippen molar-refractivity contribution in [1.29, 1.82) is 0 Å². The van der Waals surface area contributed by atoms with Gasteiger partial charge in [-0.05, 0) is 26.0 Å². The van der Waals surface area contributed by atoms with Gasteiger partial charge >= 0.3 is 23.9 Å². The average Bonchev–Trinajstić information content (AvgIpc) is 2.53. The van der Waals surface area contributed by atoms with Crippen molar-refractivity contribution in [3.8, 4) is 0 Å². The summed E-state index contributed by atoms with van der Waals surface area (Å²) in [5.74, 6) is -3.85. The summed E-state index contributed by atoms with van der Waals surface area (Å²) in [6.45, 7) is 4.03. The highest BCUT2D eigenvalue weighted by Gasteiger charge is 2.28. The Labute approximate surface area is 164 Å². The number of benzene rings is 1. The fourth-order valence-electron chi connectivity index (χ4n) is 1.61. The molecular weight excluding hydrogens is 411 g/mol. The molecular formula is C16H15Cl3O7. The Hall–Kier alpha value is -1.83. The Bertz CT molecular complexity index is 710. The van der Waals surface area contributed by atoms with Crippen LogP contribution in [0.15, 0.2) is 12.1 Å². The van der Waals surface area contributed by atoms with E-state index in [2.05, 4.69) is 4.74 Å². The Morgan fingerprint density at radius 1 is 0.923 bits per heavy atom. The van der Waals surface area contributed by atoms with Crippen molar-refractivity contribution in [3.05, 3.63) is 32.8 Å². The Balaban J connectivity index is 2.71. The normalized spacial score (nSPS) is 12.7. The molecule has 142 valence electrons. The molecule has 0 heterocycles. The lowest BCUT2D eigenvalue weighted by Gasteiger charge is -2.16. The first-order valence-electron chi connectivity index (χ1n) is 7.37. The summed E-state index contributed by atoms with van der Waals surface area (Å²) < 4.78 is 14.2. The zero-order chi connectivity index (χ0) is 20.0. The van der Waals surface area contributed by atoms with Crippen LogP contribution in [-0.4, -0.2) is 36.1 Å². The number of halogens is 3. The third kappa shape index (κ3) is 6.16. The van der Waals surface area contributed by atoms with Crippen LogP contribution < -0.4 is 0 Å². The van der Waals surface area contributed by atoms with E-state index in [9.17, 15) is 19.2 Å². The second-order valence-electron chi connectivity index (χ2n) is 5.02. The Morgan fingerprint density at radius 2 is 1.42 bits per heavy atom. The minimum Gasteiger partial charge on any atom is -0.451 e. The van der Waals surface area contributed by atoms with Crippen molar-refractivity contribution in [2.45, 2.75) is 39.4 Å². The number of esters is 4. The quantitative estimate of drug-likeness (QED) is 0.390. The maximum atomic E-state index is 12.1. The molecule has 0 amide bonds. The third-order valence-corrected chi connectivity index (χ3v) is 3.77. The van der Waals surface area contributed by atoms with E-state index < -0.39 is 36.1 Å². The molecule has 2 atom stereocenters. The molecule has 1 aromatic carbocycles. The lowest BCUT2D eigenvalue weighted by atomic mass is 10.2. The maximum absolute atomic E-state index is 12.1. The molecule has 1 rings (SSSR count). The van der Waals surface area contributed by atoms with Crippen molar-refractivity contribution < 1.29 is 33.4 Å². The smallest absolute Gasteiger partial charge is 0.355 e. The van der Waals surface area contributed by atoms with Crippen molar-refractivity contribution in [2.24, 2.45) is 0 Å². The predicted molar refractivity (Wildman–Crippen MR) is 93.3 cm³/mol. The molecule has 0 radical (unpaired) electrons. The van der Waals surface area contributed by atoms with Crippen LogP contribution in [0.3, 0.4) is 0 Å². The molecule has 0 saturated heterocycles. The van der Waals surface area contributed by atoms with Crippen LogP contribution in [0.5, 0.6) is 0 Å². The van der Waals surface area contributed by atoms with E-state index in [0.29, 0.717) is 0 Å². The van der Waals surface area contributed by atoms with E-state index in [-0.39, 0.29) is 27.1 Å². The van der Waals surface area contributed by atoms with Crippen molar-refractivity contribution in [1.82, 2.24) is 0 Å². The standard InChI is InChI=1S/C16H15Cl3O7/c1-4-12(20)24-7(2)14(21)25-8(3)15(22)26-16(23)13-10(18)5-9(17)6-11(13)19/h5-8H,4H2,1-3H3/t7-,8-/m0/s1. The van der Waals surface area contributed by atoms with Gasteiger partial charge in [0, 0.05) is 11.4 Å². The third-order valence-electron chi connectivity index (χ3n) is 2.96. The zero-order valence-corrected chi connectivity index (χ0v) is 16.3. The van der Waals surface area contributed by atoms with E-state index >= 15 is 0 Å². The van der Waals surface area contributed by atoms with Crippen LogP contribution in [0, 0.1) is 0 Å². The second-order valence-corrected chi connectivity index (χ2v) is 6.27. The summed E-state index contributed by atoms with van der Waals surface area (Å²) >= 11 is 17.5. The number of carbonyl (C=O) groups excluding carboxylic acids is 4. The molecule has 10 heteroatoms. The molecule has 0 aliphatic rings. The monoisotopic (exact) mass is 424 g/mol. The van der Waals surface area contributed by atoms with E-state index in [1.54, 1.807) is 6.92 Å². The van der Waals surface area contributed by atoms with Crippen LogP contribution in [0.2, 0.25) is 15.1 Å². The van der Waals surface area contributed by atoms with Gasteiger partial charge in [-0.1, -0.05) is 41.7 Å². The second kappa shape index (κ2) is 9.75. The van der Waals surface area contributed by atoms with Gasteiger partial charge in [0.25, 0.3) is 0 Å². The molecule has 0 bridgehead atoms. The summed E-state index contributed by atoms with van der Waals surface area (Å²) in [5.41, 5.74) is -0.255. The Morgan fingerprint density at radius 3 is 1.92 bits per heavy atom. The van der Waals surface area contributed by atoms with Gasteiger partial charge in [0.05, 0.1) is 15.6 Å². The van der Waals surface area contributed by atoms with Gasteiger partial charge in [0.2, 0.25) is 0 Å².